The van der Waals surface area contributed by atoms with E-state index in [4.69, 9.17) is 16.3 Å². The summed E-state index contributed by atoms with van der Waals surface area (Å²) in [6.45, 7) is 6.16. The molecule has 0 saturated heterocycles. The van der Waals surface area contributed by atoms with Gasteiger partial charge in [-0.2, -0.15) is 0 Å². The van der Waals surface area contributed by atoms with Gasteiger partial charge < -0.3 is 14.6 Å². The van der Waals surface area contributed by atoms with Gasteiger partial charge >= 0.3 is 0 Å². The Morgan fingerprint density at radius 2 is 2.14 bits per heavy atom. The van der Waals surface area contributed by atoms with Crippen molar-refractivity contribution in [2.45, 2.75) is 32.9 Å². The van der Waals surface area contributed by atoms with Crippen LogP contribution in [0.15, 0.2) is 36.7 Å². The van der Waals surface area contributed by atoms with E-state index in [0.717, 1.165) is 35.8 Å². The molecule has 0 amide bonds. The van der Waals surface area contributed by atoms with Gasteiger partial charge in [0.25, 0.3) is 0 Å². The van der Waals surface area contributed by atoms with Crippen molar-refractivity contribution in [2.75, 3.05) is 13.7 Å². The van der Waals surface area contributed by atoms with Gasteiger partial charge in [-0.1, -0.05) is 18.5 Å². The molecule has 1 N–H and O–H groups in total. The third-order valence-electron chi connectivity index (χ3n) is 3.57. The van der Waals surface area contributed by atoms with Gasteiger partial charge in [0.05, 0.1) is 13.7 Å². The predicted molar refractivity (Wildman–Crippen MR) is 88.2 cm³/mol. The predicted octanol–water partition coefficient (Wildman–Crippen LogP) is 4.26. The first-order valence-electron chi connectivity index (χ1n) is 7.35. The second-order valence-electron chi connectivity index (χ2n) is 5.25. The van der Waals surface area contributed by atoms with Gasteiger partial charge in [0.1, 0.15) is 5.75 Å². The Labute approximate surface area is 131 Å². The Kier molecular flexibility index (Phi) is 5.71. The minimum absolute atomic E-state index is 0.368. The van der Waals surface area contributed by atoms with E-state index in [2.05, 4.69) is 42.2 Å². The quantitative estimate of drug-likeness (QED) is 0.827. The van der Waals surface area contributed by atoms with E-state index in [1.54, 1.807) is 7.11 Å². The molecule has 0 aliphatic heterocycles. The molecule has 2 aromatic rings. The third-order valence-corrected chi connectivity index (χ3v) is 3.80. The lowest BCUT2D eigenvalue weighted by Crippen LogP contribution is -2.18. The van der Waals surface area contributed by atoms with Crippen LogP contribution in [-0.2, 0) is 6.54 Å². The molecule has 0 radical (unpaired) electrons. The van der Waals surface area contributed by atoms with E-state index in [-0.39, 0.29) is 0 Å². The highest BCUT2D eigenvalue weighted by atomic mass is 35.5. The largest absolute Gasteiger partial charge is 0.496 e. The van der Waals surface area contributed by atoms with E-state index in [1.165, 1.54) is 5.56 Å². The molecule has 1 aromatic heterocycles. The minimum atomic E-state index is 0.368. The number of nitrogens with zero attached hydrogens (tertiary/aromatic N) is 1. The van der Waals surface area contributed by atoms with Crippen LogP contribution in [0.2, 0.25) is 5.02 Å². The maximum atomic E-state index is 6.08. The Hall–Kier alpha value is -1.45. The monoisotopic (exact) mass is 306 g/mol. The van der Waals surface area contributed by atoms with E-state index < -0.39 is 0 Å². The lowest BCUT2D eigenvalue weighted by Gasteiger charge is -2.12. The van der Waals surface area contributed by atoms with E-state index in [9.17, 15) is 0 Å². The highest BCUT2D eigenvalue weighted by Crippen LogP contribution is 2.24. The number of halogens is 1. The summed E-state index contributed by atoms with van der Waals surface area (Å²) in [7, 11) is 1.69. The molecule has 114 valence electrons. The van der Waals surface area contributed by atoms with Crippen LogP contribution in [0.25, 0.3) is 0 Å². The summed E-state index contributed by atoms with van der Waals surface area (Å²) in [6, 6.07) is 8.24. The van der Waals surface area contributed by atoms with Gasteiger partial charge in [-0.05, 0) is 49.7 Å². The second-order valence-corrected chi connectivity index (χ2v) is 5.69. The Morgan fingerprint density at radius 1 is 1.33 bits per heavy atom. The fraction of sp³-hybridized carbons (Fsp3) is 0.412. The zero-order valence-corrected chi connectivity index (χ0v) is 13.7. The number of rotatable bonds is 7. The van der Waals surface area contributed by atoms with Gasteiger partial charge in [0.2, 0.25) is 0 Å². The first-order valence-corrected chi connectivity index (χ1v) is 7.73. The molecule has 2 rings (SSSR count). The van der Waals surface area contributed by atoms with Crippen LogP contribution in [-0.4, -0.2) is 18.2 Å². The molecule has 1 heterocycles. The first-order chi connectivity index (χ1) is 10.1. The van der Waals surface area contributed by atoms with Crippen molar-refractivity contribution in [3.05, 3.63) is 52.8 Å². The van der Waals surface area contributed by atoms with Crippen LogP contribution in [0.3, 0.4) is 0 Å². The van der Waals surface area contributed by atoms with Gasteiger partial charge in [0.15, 0.2) is 0 Å². The number of hydrogen-bond donors (Lipinski definition) is 1. The van der Waals surface area contributed by atoms with Gasteiger partial charge in [-0.3, -0.25) is 0 Å². The SMILES string of the molecule is CCCNC(C)c1ccn(Cc2cc(Cl)ccc2OC)c1. The van der Waals surface area contributed by atoms with Gasteiger partial charge in [0, 0.05) is 29.0 Å². The molecule has 0 aliphatic rings. The highest BCUT2D eigenvalue weighted by molar-refractivity contribution is 6.30. The number of hydrogen-bond acceptors (Lipinski definition) is 2. The topological polar surface area (TPSA) is 26.2 Å². The maximum absolute atomic E-state index is 6.08. The van der Waals surface area contributed by atoms with E-state index in [1.807, 2.05) is 18.2 Å². The zero-order valence-electron chi connectivity index (χ0n) is 12.9. The van der Waals surface area contributed by atoms with Crippen LogP contribution < -0.4 is 10.1 Å². The summed E-state index contributed by atoms with van der Waals surface area (Å²) >= 11 is 6.08. The third kappa shape index (κ3) is 4.26. The van der Waals surface area contributed by atoms with Crippen molar-refractivity contribution in [3.63, 3.8) is 0 Å². The number of nitrogens with one attached hydrogen (secondary N) is 1. The van der Waals surface area contributed by atoms with E-state index in [0.29, 0.717) is 6.04 Å². The second kappa shape index (κ2) is 7.53. The van der Waals surface area contributed by atoms with E-state index >= 15 is 0 Å². The molecule has 21 heavy (non-hydrogen) atoms. The van der Waals surface area contributed by atoms with Crippen molar-refractivity contribution >= 4 is 11.6 Å². The number of benzene rings is 1. The molecule has 1 aromatic carbocycles. The molecule has 1 unspecified atom stereocenters. The molecular formula is C17H23ClN2O. The molecule has 3 nitrogen and oxygen atoms in total. The van der Waals surface area contributed by atoms with Gasteiger partial charge in [-0.15, -0.1) is 0 Å². The van der Waals surface area contributed by atoms with Crippen LogP contribution in [0, 0.1) is 0 Å². The van der Waals surface area contributed by atoms with Crippen LogP contribution in [0.1, 0.15) is 37.4 Å². The molecule has 1 atom stereocenters. The fourth-order valence-electron chi connectivity index (χ4n) is 2.36. The molecule has 0 bridgehead atoms. The summed E-state index contributed by atoms with van der Waals surface area (Å²) in [5.74, 6) is 0.867. The summed E-state index contributed by atoms with van der Waals surface area (Å²) < 4.78 is 7.56. The summed E-state index contributed by atoms with van der Waals surface area (Å²) in [4.78, 5) is 0. The average molecular weight is 307 g/mol. The molecule has 4 heteroatoms. The normalized spacial score (nSPS) is 12.4. The van der Waals surface area contributed by atoms with Crippen LogP contribution in [0.4, 0.5) is 0 Å². The summed E-state index contributed by atoms with van der Waals surface area (Å²) in [5.41, 5.74) is 2.38. The zero-order chi connectivity index (χ0) is 15.2. The lowest BCUT2D eigenvalue weighted by atomic mass is 10.2. The molecule has 0 spiro atoms. The fourth-order valence-corrected chi connectivity index (χ4v) is 2.55. The molecule has 0 aliphatic carbocycles. The van der Waals surface area contributed by atoms with Crippen molar-refractivity contribution < 1.29 is 4.74 Å². The Morgan fingerprint density at radius 3 is 2.86 bits per heavy atom. The lowest BCUT2D eigenvalue weighted by molar-refractivity contribution is 0.408. The number of aromatic nitrogens is 1. The number of ether oxygens (including phenoxy) is 1. The minimum Gasteiger partial charge on any atom is -0.496 e. The molecule has 0 fully saturated rings. The highest BCUT2D eigenvalue weighted by Gasteiger charge is 2.08. The van der Waals surface area contributed by atoms with Crippen molar-refractivity contribution in [1.82, 2.24) is 9.88 Å². The average Bonchev–Trinajstić information content (AvgIpc) is 2.93. The molecular weight excluding hydrogens is 284 g/mol. The van der Waals surface area contributed by atoms with Crippen molar-refractivity contribution in [2.24, 2.45) is 0 Å². The van der Waals surface area contributed by atoms with Gasteiger partial charge in [-0.25, -0.2) is 0 Å². The molecule has 0 saturated carbocycles. The first kappa shape index (κ1) is 15.9. The van der Waals surface area contributed by atoms with Crippen molar-refractivity contribution in [3.8, 4) is 5.75 Å². The standard InChI is InChI=1S/C17H23ClN2O/c1-4-8-19-13(2)14-7-9-20(11-14)12-15-10-16(18)5-6-17(15)21-3/h5-7,9-11,13,19H,4,8,12H2,1-3H3. The van der Waals surface area contributed by atoms with Crippen LogP contribution >= 0.6 is 11.6 Å². The maximum Gasteiger partial charge on any atom is 0.123 e. The Balaban J connectivity index is 2.10. The summed E-state index contributed by atoms with van der Waals surface area (Å²) in [5, 5.41) is 4.23. The smallest absolute Gasteiger partial charge is 0.123 e. The number of methoxy groups -OCH3 is 1. The Bertz CT molecular complexity index is 580. The summed E-state index contributed by atoms with van der Waals surface area (Å²) in [6.07, 6.45) is 5.41. The van der Waals surface area contributed by atoms with Crippen molar-refractivity contribution in [1.29, 1.82) is 0 Å². The van der Waals surface area contributed by atoms with Crippen LogP contribution in [0.5, 0.6) is 5.75 Å².